The second kappa shape index (κ2) is 6.27. The molecule has 1 aliphatic rings. The van der Waals surface area contributed by atoms with Crippen molar-refractivity contribution in [2.24, 2.45) is 4.99 Å². The van der Waals surface area contributed by atoms with E-state index in [9.17, 15) is 4.79 Å². The fraction of sp³-hybridized carbons (Fsp3) is 0.312. The molecule has 5 nitrogen and oxygen atoms in total. The maximum atomic E-state index is 12.3. The van der Waals surface area contributed by atoms with Crippen molar-refractivity contribution in [1.82, 2.24) is 4.98 Å². The largest absolute Gasteiger partial charge is 0.468 e. The van der Waals surface area contributed by atoms with Gasteiger partial charge in [0, 0.05) is 18.0 Å². The van der Waals surface area contributed by atoms with Gasteiger partial charge in [-0.1, -0.05) is 30.3 Å². The Morgan fingerprint density at radius 2 is 2.09 bits per heavy atom. The molecule has 0 fully saturated rings. The number of hydrogen-bond acceptors (Lipinski definition) is 6. The van der Waals surface area contributed by atoms with E-state index in [0.29, 0.717) is 5.90 Å². The Morgan fingerprint density at radius 1 is 1.32 bits per heavy atom. The molecule has 1 aromatic carbocycles. The third-order valence-corrected chi connectivity index (χ3v) is 4.27. The summed E-state index contributed by atoms with van der Waals surface area (Å²) in [5, 5.41) is 2.68. The summed E-state index contributed by atoms with van der Waals surface area (Å²) < 4.78 is 11.0. The number of aliphatic imine (C=N–C) groups is 1. The number of carbonyl (C=O) groups excluding carboxylic acids is 1. The molecule has 2 aromatic rings. The highest BCUT2D eigenvalue weighted by atomic mass is 32.1. The zero-order valence-corrected chi connectivity index (χ0v) is 13.2. The standard InChI is InChI=1S/C16H16N2O3S/c1-10-9-22-15(17-10)14-13(18-11(2)21-14)16(19)20-8-12-6-4-3-5-7-12/h3-7,9,13-14H,8H2,1-2H3. The molecule has 0 amide bonds. The lowest BCUT2D eigenvalue weighted by Gasteiger charge is -2.14. The number of esters is 1. The zero-order valence-electron chi connectivity index (χ0n) is 12.4. The van der Waals surface area contributed by atoms with Crippen LogP contribution < -0.4 is 0 Å². The van der Waals surface area contributed by atoms with Gasteiger partial charge in [-0.2, -0.15) is 0 Å². The number of carbonyl (C=O) groups is 1. The molecule has 2 unspecified atom stereocenters. The van der Waals surface area contributed by atoms with Crippen LogP contribution in [0.5, 0.6) is 0 Å². The van der Waals surface area contributed by atoms with Gasteiger partial charge in [-0.05, 0) is 12.5 Å². The molecule has 1 aromatic heterocycles. The van der Waals surface area contributed by atoms with Crippen LogP contribution in [0, 0.1) is 6.92 Å². The lowest BCUT2D eigenvalue weighted by molar-refractivity contribution is -0.148. The number of aryl methyl sites for hydroxylation is 1. The van der Waals surface area contributed by atoms with Crippen molar-refractivity contribution in [2.45, 2.75) is 32.6 Å². The van der Waals surface area contributed by atoms with Gasteiger partial charge in [0.2, 0.25) is 0 Å². The Kier molecular flexibility index (Phi) is 4.20. The van der Waals surface area contributed by atoms with E-state index in [2.05, 4.69) is 9.98 Å². The Bertz CT molecular complexity index is 696. The molecule has 0 N–H and O–H groups in total. The van der Waals surface area contributed by atoms with Gasteiger partial charge in [0.15, 0.2) is 18.0 Å². The van der Waals surface area contributed by atoms with Gasteiger partial charge >= 0.3 is 5.97 Å². The molecule has 0 saturated carbocycles. The van der Waals surface area contributed by atoms with Crippen LogP contribution in [0.3, 0.4) is 0 Å². The van der Waals surface area contributed by atoms with Crippen LogP contribution in [0.4, 0.5) is 0 Å². The summed E-state index contributed by atoms with van der Waals surface area (Å²) >= 11 is 1.47. The van der Waals surface area contributed by atoms with Crippen LogP contribution in [0.15, 0.2) is 40.7 Å². The third-order valence-electron chi connectivity index (χ3n) is 3.25. The molecule has 22 heavy (non-hydrogen) atoms. The molecule has 0 spiro atoms. The quantitative estimate of drug-likeness (QED) is 0.813. The van der Waals surface area contributed by atoms with Gasteiger partial charge in [-0.15, -0.1) is 11.3 Å². The van der Waals surface area contributed by atoms with E-state index < -0.39 is 18.1 Å². The van der Waals surface area contributed by atoms with E-state index >= 15 is 0 Å². The van der Waals surface area contributed by atoms with Crippen molar-refractivity contribution in [3.05, 3.63) is 52.0 Å². The van der Waals surface area contributed by atoms with E-state index in [1.807, 2.05) is 42.6 Å². The monoisotopic (exact) mass is 316 g/mol. The van der Waals surface area contributed by atoms with E-state index in [0.717, 1.165) is 16.3 Å². The van der Waals surface area contributed by atoms with E-state index in [4.69, 9.17) is 9.47 Å². The first-order valence-electron chi connectivity index (χ1n) is 6.97. The summed E-state index contributed by atoms with van der Waals surface area (Å²) in [6.07, 6.45) is -0.484. The first-order valence-corrected chi connectivity index (χ1v) is 7.85. The van der Waals surface area contributed by atoms with E-state index in [-0.39, 0.29) is 6.61 Å². The molecule has 6 heteroatoms. The summed E-state index contributed by atoms with van der Waals surface area (Å²) in [5.41, 5.74) is 1.85. The van der Waals surface area contributed by atoms with Crippen LogP contribution in [0.2, 0.25) is 0 Å². The van der Waals surface area contributed by atoms with Gasteiger partial charge in [0.05, 0.1) is 0 Å². The topological polar surface area (TPSA) is 60.8 Å². The van der Waals surface area contributed by atoms with Crippen molar-refractivity contribution in [3.8, 4) is 0 Å². The maximum Gasteiger partial charge on any atom is 0.335 e. The molecule has 2 heterocycles. The minimum Gasteiger partial charge on any atom is -0.468 e. The van der Waals surface area contributed by atoms with Crippen molar-refractivity contribution in [1.29, 1.82) is 0 Å². The molecule has 1 aliphatic heterocycles. The van der Waals surface area contributed by atoms with Crippen molar-refractivity contribution in [3.63, 3.8) is 0 Å². The van der Waals surface area contributed by atoms with Crippen LogP contribution in [0.1, 0.15) is 29.3 Å². The zero-order chi connectivity index (χ0) is 15.5. The predicted molar refractivity (Wildman–Crippen MR) is 83.8 cm³/mol. The minimum atomic E-state index is -0.686. The number of hydrogen-bond donors (Lipinski definition) is 0. The first kappa shape index (κ1) is 14.7. The Labute approximate surface area is 132 Å². The lowest BCUT2D eigenvalue weighted by atomic mass is 10.2. The molecule has 2 atom stereocenters. The smallest absolute Gasteiger partial charge is 0.335 e. The summed E-state index contributed by atoms with van der Waals surface area (Å²) in [7, 11) is 0. The Morgan fingerprint density at radius 3 is 2.77 bits per heavy atom. The number of thiazole rings is 1. The molecule has 0 saturated heterocycles. The van der Waals surface area contributed by atoms with Gasteiger partial charge in [-0.3, -0.25) is 0 Å². The van der Waals surface area contributed by atoms with E-state index in [1.54, 1.807) is 6.92 Å². The summed E-state index contributed by atoms with van der Waals surface area (Å²) in [6.45, 7) is 3.87. The fourth-order valence-electron chi connectivity index (χ4n) is 2.22. The molecule has 0 aliphatic carbocycles. The SMILES string of the molecule is CC1=NC(C(=O)OCc2ccccc2)C(c2nc(C)cs2)O1. The average Bonchev–Trinajstić information content (AvgIpc) is 3.11. The van der Waals surface area contributed by atoms with Crippen LogP contribution in [-0.4, -0.2) is 22.9 Å². The molecule has 0 bridgehead atoms. The molecule has 114 valence electrons. The highest BCUT2D eigenvalue weighted by Crippen LogP contribution is 2.32. The Hall–Kier alpha value is -2.21. The highest BCUT2D eigenvalue weighted by molar-refractivity contribution is 7.09. The average molecular weight is 316 g/mol. The second-order valence-corrected chi connectivity index (χ2v) is 5.94. The van der Waals surface area contributed by atoms with Crippen molar-refractivity contribution < 1.29 is 14.3 Å². The van der Waals surface area contributed by atoms with Gasteiger partial charge < -0.3 is 9.47 Å². The van der Waals surface area contributed by atoms with Crippen LogP contribution >= 0.6 is 11.3 Å². The van der Waals surface area contributed by atoms with E-state index in [1.165, 1.54) is 11.3 Å². The second-order valence-electron chi connectivity index (χ2n) is 5.05. The van der Waals surface area contributed by atoms with Crippen molar-refractivity contribution in [2.75, 3.05) is 0 Å². The third kappa shape index (κ3) is 3.17. The first-order chi connectivity index (χ1) is 10.6. The number of benzene rings is 1. The maximum absolute atomic E-state index is 12.3. The molecule has 3 rings (SSSR count). The summed E-state index contributed by atoms with van der Waals surface area (Å²) in [4.78, 5) is 21.0. The number of rotatable bonds is 4. The van der Waals surface area contributed by atoms with Crippen molar-refractivity contribution >= 4 is 23.2 Å². The minimum absolute atomic E-state index is 0.231. The number of nitrogens with zero attached hydrogens (tertiary/aromatic N) is 2. The Balaban J connectivity index is 1.69. The highest BCUT2D eigenvalue weighted by Gasteiger charge is 2.39. The lowest BCUT2D eigenvalue weighted by Crippen LogP contribution is -2.26. The van der Waals surface area contributed by atoms with Crippen LogP contribution in [0.25, 0.3) is 0 Å². The van der Waals surface area contributed by atoms with Gasteiger partial charge in [0.1, 0.15) is 11.6 Å². The molecular formula is C16H16N2O3S. The summed E-state index contributed by atoms with van der Waals surface area (Å²) in [6, 6.07) is 8.87. The number of ether oxygens (including phenoxy) is 2. The fourth-order valence-corrected chi connectivity index (χ4v) is 3.07. The van der Waals surface area contributed by atoms with Crippen LogP contribution in [-0.2, 0) is 20.9 Å². The van der Waals surface area contributed by atoms with Gasteiger partial charge in [0.25, 0.3) is 0 Å². The predicted octanol–water partition coefficient (Wildman–Crippen LogP) is 3.05. The molecular weight excluding hydrogens is 300 g/mol. The molecule has 0 radical (unpaired) electrons. The van der Waals surface area contributed by atoms with Gasteiger partial charge in [-0.25, -0.2) is 14.8 Å². The number of aromatic nitrogens is 1. The summed E-state index contributed by atoms with van der Waals surface area (Å²) in [5.74, 6) is 0.0954. The normalized spacial score (nSPS) is 20.4.